The minimum absolute atomic E-state index is 0.0706. The Morgan fingerprint density at radius 1 is 1.33 bits per heavy atom. The lowest BCUT2D eigenvalue weighted by Crippen LogP contribution is -2.32. The van der Waals surface area contributed by atoms with Crippen LogP contribution in [0.4, 0.5) is 0 Å². The van der Waals surface area contributed by atoms with Crippen LogP contribution in [-0.4, -0.2) is 24.2 Å². The fourth-order valence-corrected chi connectivity index (χ4v) is 2.66. The topological polar surface area (TPSA) is 49.3 Å². The predicted octanol–water partition coefficient (Wildman–Crippen LogP) is 0.707. The van der Waals surface area contributed by atoms with Gasteiger partial charge in [-0.15, -0.1) is 0 Å². The van der Waals surface area contributed by atoms with Crippen molar-refractivity contribution in [2.45, 2.75) is 19.3 Å². The number of carboxylic acid groups (broad SMARTS) is 1. The van der Waals surface area contributed by atoms with Crippen LogP contribution in [0.15, 0.2) is 0 Å². The van der Waals surface area contributed by atoms with E-state index in [9.17, 15) is 4.79 Å². The van der Waals surface area contributed by atoms with Gasteiger partial charge in [0.25, 0.3) is 0 Å². The van der Waals surface area contributed by atoms with Crippen molar-refractivity contribution in [1.82, 2.24) is 5.32 Å². The third-order valence-corrected chi connectivity index (χ3v) is 3.32. The highest BCUT2D eigenvalue weighted by molar-refractivity contribution is 5.70. The van der Waals surface area contributed by atoms with Crippen LogP contribution in [0.1, 0.15) is 19.3 Å². The number of carboxylic acids is 1. The first-order chi connectivity index (χ1) is 5.79. The van der Waals surface area contributed by atoms with E-state index in [0.29, 0.717) is 11.8 Å². The maximum atomic E-state index is 10.9. The minimum atomic E-state index is -0.589. The fourth-order valence-electron chi connectivity index (χ4n) is 2.66. The number of aliphatic carboxylic acids is 1. The molecule has 0 aromatic carbocycles. The molecule has 0 radical (unpaired) electrons. The summed E-state index contributed by atoms with van der Waals surface area (Å²) >= 11 is 0. The normalized spacial score (nSPS) is 40.8. The van der Waals surface area contributed by atoms with Gasteiger partial charge in [-0.25, -0.2) is 0 Å². The standard InChI is InChI=1S/C9H15NO2/c11-9(12)7-3-1-2-6-4-10-5-8(6)7/h6-8,10H,1-5H2,(H,11,12)/t6-,7-,8-/m1/s1. The molecule has 2 rings (SSSR count). The van der Waals surface area contributed by atoms with Crippen molar-refractivity contribution >= 4 is 5.97 Å². The first-order valence-corrected chi connectivity index (χ1v) is 4.72. The van der Waals surface area contributed by atoms with E-state index >= 15 is 0 Å². The molecule has 2 fully saturated rings. The average molecular weight is 169 g/mol. The first-order valence-electron chi connectivity index (χ1n) is 4.72. The van der Waals surface area contributed by atoms with E-state index < -0.39 is 5.97 Å². The second kappa shape index (κ2) is 3.05. The Kier molecular flexibility index (Phi) is 2.05. The van der Waals surface area contributed by atoms with Crippen LogP contribution in [-0.2, 0) is 4.79 Å². The van der Waals surface area contributed by atoms with Gasteiger partial charge in [-0.1, -0.05) is 6.42 Å². The van der Waals surface area contributed by atoms with Gasteiger partial charge in [0, 0.05) is 0 Å². The van der Waals surface area contributed by atoms with Crippen molar-refractivity contribution in [3.8, 4) is 0 Å². The molecule has 2 N–H and O–H groups in total. The van der Waals surface area contributed by atoms with Crippen molar-refractivity contribution in [3.63, 3.8) is 0 Å². The van der Waals surface area contributed by atoms with Crippen LogP contribution in [0.5, 0.6) is 0 Å². The van der Waals surface area contributed by atoms with Gasteiger partial charge >= 0.3 is 5.97 Å². The second-order valence-electron chi connectivity index (χ2n) is 3.96. The van der Waals surface area contributed by atoms with E-state index in [1.807, 2.05) is 0 Å². The lowest BCUT2D eigenvalue weighted by Gasteiger charge is -2.29. The lowest BCUT2D eigenvalue weighted by atomic mass is 9.74. The molecule has 0 bridgehead atoms. The Morgan fingerprint density at radius 2 is 2.17 bits per heavy atom. The predicted molar refractivity (Wildman–Crippen MR) is 44.8 cm³/mol. The molecule has 1 saturated carbocycles. The summed E-state index contributed by atoms with van der Waals surface area (Å²) in [6.45, 7) is 1.95. The largest absolute Gasteiger partial charge is 0.481 e. The van der Waals surface area contributed by atoms with Gasteiger partial charge in [-0.05, 0) is 37.8 Å². The lowest BCUT2D eigenvalue weighted by molar-refractivity contribution is -0.145. The summed E-state index contributed by atoms with van der Waals surface area (Å²) in [5.41, 5.74) is 0. The number of nitrogens with one attached hydrogen (secondary N) is 1. The van der Waals surface area contributed by atoms with E-state index in [1.165, 1.54) is 6.42 Å². The maximum absolute atomic E-state index is 10.9. The molecule has 0 amide bonds. The molecular weight excluding hydrogens is 154 g/mol. The van der Waals surface area contributed by atoms with Gasteiger partial charge in [0.05, 0.1) is 5.92 Å². The van der Waals surface area contributed by atoms with Crippen LogP contribution in [0, 0.1) is 17.8 Å². The minimum Gasteiger partial charge on any atom is -0.481 e. The zero-order chi connectivity index (χ0) is 8.55. The highest BCUT2D eigenvalue weighted by atomic mass is 16.4. The molecule has 3 nitrogen and oxygen atoms in total. The number of rotatable bonds is 1. The van der Waals surface area contributed by atoms with Crippen molar-refractivity contribution in [3.05, 3.63) is 0 Å². The Hall–Kier alpha value is -0.570. The molecule has 0 aromatic heterocycles. The Balaban J connectivity index is 2.08. The molecule has 12 heavy (non-hydrogen) atoms. The maximum Gasteiger partial charge on any atom is 0.306 e. The van der Waals surface area contributed by atoms with Crippen LogP contribution in [0.25, 0.3) is 0 Å². The van der Waals surface area contributed by atoms with Crippen molar-refractivity contribution in [2.24, 2.45) is 17.8 Å². The third-order valence-electron chi connectivity index (χ3n) is 3.32. The van der Waals surface area contributed by atoms with Gasteiger partial charge in [0.1, 0.15) is 0 Å². The summed E-state index contributed by atoms with van der Waals surface area (Å²) in [6, 6.07) is 0. The molecule has 0 unspecified atom stereocenters. The summed E-state index contributed by atoms with van der Waals surface area (Å²) in [5.74, 6) is 0.392. The molecule has 1 aliphatic carbocycles. The Bertz CT molecular complexity index is 193. The van der Waals surface area contributed by atoms with Crippen LogP contribution in [0.2, 0.25) is 0 Å². The Morgan fingerprint density at radius 3 is 2.92 bits per heavy atom. The molecule has 0 aromatic rings. The van der Waals surface area contributed by atoms with Crippen molar-refractivity contribution in [1.29, 1.82) is 0 Å². The van der Waals surface area contributed by atoms with Gasteiger partial charge in [0.15, 0.2) is 0 Å². The summed E-state index contributed by atoms with van der Waals surface area (Å²) < 4.78 is 0. The highest BCUT2D eigenvalue weighted by Crippen LogP contribution is 2.36. The molecular formula is C9H15NO2. The fraction of sp³-hybridized carbons (Fsp3) is 0.889. The number of fused-ring (bicyclic) bond motifs is 1. The smallest absolute Gasteiger partial charge is 0.306 e. The quantitative estimate of drug-likeness (QED) is 0.607. The van der Waals surface area contributed by atoms with E-state index in [4.69, 9.17) is 5.11 Å². The zero-order valence-corrected chi connectivity index (χ0v) is 7.12. The average Bonchev–Trinajstić information content (AvgIpc) is 2.49. The van der Waals surface area contributed by atoms with Crippen LogP contribution < -0.4 is 5.32 Å². The summed E-state index contributed by atoms with van der Waals surface area (Å²) in [7, 11) is 0. The summed E-state index contributed by atoms with van der Waals surface area (Å²) in [6.07, 6.45) is 3.21. The Labute approximate surface area is 72.2 Å². The van der Waals surface area contributed by atoms with Crippen LogP contribution in [0.3, 0.4) is 0 Å². The van der Waals surface area contributed by atoms with Crippen LogP contribution >= 0.6 is 0 Å². The monoisotopic (exact) mass is 169 g/mol. The van der Waals surface area contributed by atoms with Gasteiger partial charge in [-0.3, -0.25) is 4.79 Å². The molecule has 3 atom stereocenters. The third kappa shape index (κ3) is 1.22. The zero-order valence-electron chi connectivity index (χ0n) is 7.12. The molecule has 1 heterocycles. The van der Waals surface area contributed by atoms with E-state index in [-0.39, 0.29) is 5.92 Å². The highest BCUT2D eigenvalue weighted by Gasteiger charge is 2.39. The van der Waals surface area contributed by atoms with Crippen molar-refractivity contribution in [2.75, 3.05) is 13.1 Å². The molecule has 68 valence electrons. The summed E-state index contributed by atoms with van der Waals surface area (Å²) in [4.78, 5) is 10.9. The van der Waals surface area contributed by atoms with Gasteiger partial charge < -0.3 is 10.4 Å². The van der Waals surface area contributed by atoms with Gasteiger partial charge in [0.2, 0.25) is 0 Å². The first kappa shape index (κ1) is 8.05. The number of hydrogen-bond donors (Lipinski definition) is 2. The van der Waals surface area contributed by atoms with E-state index in [2.05, 4.69) is 5.32 Å². The molecule has 0 spiro atoms. The number of carbonyl (C=O) groups is 1. The van der Waals surface area contributed by atoms with Crippen molar-refractivity contribution < 1.29 is 9.90 Å². The molecule has 2 aliphatic rings. The SMILES string of the molecule is O=C(O)[C@@H]1CCC[C@@H]2CNC[C@H]21. The van der Waals surface area contributed by atoms with E-state index in [0.717, 1.165) is 25.9 Å². The summed E-state index contributed by atoms with van der Waals surface area (Å²) in [5, 5.41) is 12.2. The van der Waals surface area contributed by atoms with Gasteiger partial charge in [-0.2, -0.15) is 0 Å². The molecule has 1 aliphatic heterocycles. The molecule has 3 heteroatoms. The molecule has 1 saturated heterocycles. The van der Waals surface area contributed by atoms with E-state index in [1.54, 1.807) is 0 Å². The second-order valence-corrected chi connectivity index (χ2v) is 3.96. The number of hydrogen-bond acceptors (Lipinski definition) is 2.